The molecule has 0 spiro atoms. The van der Waals surface area contributed by atoms with E-state index in [0.717, 1.165) is 18.9 Å². The summed E-state index contributed by atoms with van der Waals surface area (Å²) in [6.07, 6.45) is 3.72. The molecule has 1 aliphatic rings. The topological polar surface area (TPSA) is 21.3 Å². The number of nitrogens with one attached hydrogen (secondary N) is 1. The van der Waals surface area contributed by atoms with E-state index in [0.29, 0.717) is 17.4 Å². The van der Waals surface area contributed by atoms with Crippen LogP contribution in [0.5, 0.6) is 5.75 Å². The molecule has 1 N–H and O–H groups in total. The van der Waals surface area contributed by atoms with Crippen LogP contribution < -0.4 is 10.1 Å². The van der Waals surface area contributed by atoms with Gasteiger partial charge < -0.3 is 10.1 Å². The summed E-state index contributed by atoms with van der Waals surface area (Å²) < 4.78 is 5.84. The molecular weight excluding hydrogens is 246 g/mol. The van der Waals surface area contributed by atoms with Crippen molar-refractivity contribution in [3.63, 3.8) is 0 Å². The molecule has 0 amide bonds. The fourth-order valence-corrected chi connectivity index (χ4v) is 3.31. The van der Waals surface area contributed by atoms with Crippen molar-refractivity contribution >= 4 is 0 Å². The number of rotatable bonds is 7. The first-order chi connectivity index (χ1) is 9.54. The van der Waals surface area contributed by atoms with Gasteiger partial charge in [0.1, 0.15) is 5.75 Å². The molecule has 0 aliphatic carbocycles. The molecule has 2 unspecified atom stereocenters. The van der Waals surface area contributed by atoms with Crippen LogP contribution in [0.15, 0.2) is 24.3 Å². The van der Waals surface area contributed by atoms with E-state index in [-0.39, 0.29) is 0 Å². The third-order valence-corrected chi connectivity index (χ3v) is 4.33. The normalized spacial score (nSPS) is 20.6. The fourth-order valence-electron chi connectivity index (χ4n) is 3.31. The van der Waals surface area contributed by atoms with Gasteiger partial charge in [0.2, 0.25) is 0 Å². The highest BCUT2D eigenvalue weighted by Crippen LogP contribution is 2.42. The third kappa shape index (κ3) is 3.76. The van der Waals surface area contributed by atoms with E-state index in [4.69, 9.17) is 4.74 Å². The summed E-state index contributed by atoms with van der Waals surface area (Å²) in [7, 11) is 0. The largest absolute Gasteiger partial charge is 0.493 e. The molecule has 2 atom stereocenters. The number of hydrogen-bond acceptors (Lipinski definition) is 2. The monoisotopic (exact) mass is 275 g/mol. The van der Waals surface area contributed by atoms with Crippen molar-refractivity contribution in [2.75, 3.05) is 13.2 Å². The van der Waals surface area contributed by atoms with Gasteiger partial charge in [-0.1, -0.05) is 52.3 Å². The number of benzene rings is 1. The van der Waals surface area contributed by atoms with E-state index in [9.17, 15) is 0 Å². The van der Waals surface area contributed by atoms with Gasteiger partial charge in [-0.05, 0) is 24.3 Å². The standard InChI is InChI=1S/C18H29NO/c1-5-10-18(4,13-19-14(2)3)11-15-12-20-17-9-7-6-8-16(15)17/h6-9,14-15,19H,5,10-13H2,1-4H3. The zero-order chi connectivity index (χ0) is 14.6. The van der Waals surface area contributed by atoms with Gasteiger partial charge in [0.25, 0.3) is 0 Å². The molecule has 0 bridgehead atoms. The summed E-state index contributed by atoms with van der Waals surface area (Å²) in [5.41, 5.74) is 1.75. The summed E-state index contributed by atoms with van der Waals surface area (Å²) in [4.78, 5) is 0. The minimum atomic E-state index is 0.352. The van der Waals surface area contributed by atoms with Crippen molar-refractivity contribution in [2.24, 2.45) is 5.41 Å². The molecule has 20 heavy (non-hydrogen) atoms. The van der Waals surface area contributed by atoms with Crippen molar-refractivity contribution in [1.82, 2.24) is 5.32 Å². The van der Waals surface area contributed by atoms with E-state index in [2.05, 4.69) is 57.3 Å². The summed E-state index contributed by atoms with van der Waals surface area (Å²) in [5.74, 6) is 1.64. The van der Waals surface area contributed by atoms with Crippen molar-refractivity contribution in [2.45, 2.75) is 58.9 Å². The average Bonchev–Trinajstić information content (AvgIpc) is 2.80. The SMILES string of the molecule is CCCC(C)(CNC(C)C)CC1COc2ccccc21. The molecule has 0 fully saturated rings. The predicted molar refractivity (Wildman–Crippen MR) is 85.4 cm³/mol. The van der Waals surface area contributed by atoms with E-state index in [1.165, 1.54) is 24.8 Å². The molecule has 0 saturated carbocycles. The van der Waals surface area contributed by atoms with E-state index in [1.54, 1.807) is 0 Å². The van der Waals surface area contributed by atoms with Gasteiger partial charge in [0.15, 0.2) is 0 Å². The summed E-state index contributed by atoms with van der Waals surface area (Å²) >= 11 is 0. The van der Waals surface area contributed by atoms with Crippen molar-refractivity contribution < 1.29 is 4.74 Å². The highest BCUT2D eigenvalue weighted by atomic mass is 16.5. The Balaban J connectivity index is 2.05. The minimum absolute atomic E-state index is 0.352. The lowest BCUT2D eigenvalue weighted by Crippen LogP contribution is -2.37. The van der Waals surface area contributed by atoms with Gasteiger partial charge >= 0.3 is 0 Å². The predicted octanol–water partition coefficient (Wildman–Crippen LogP) is 4.36. The highest BCUT2D eigenvalue weighted by Gasteiger charge is 2.32. The third-order valence-electron chi connectivity index (χ3n) is 4.33. The Kier molecular flexibility index (Phi) is 5.09. The van der Waals surface area contributed by atoms with Gasteiger partial charge in [-0.15, -0.1) is 0 Å². The molecule has 2 rings (SSSR count). The fraction of sp³-hybridized carbons (Fsp3) is 0.667. The van der Waals surface area contributed by atoms with Crippen molar-refractivity contribution in [3.8, 4) is 5.75 Å². The van der Waals surface area contributed by atoms with Crippen LogP contribution in [0.3, 0.4) is 0 Å². The maximum absolute atomic E-state index is 5.84. The minimum Gasteiger partial charge on any atom is -0.493 e. The van der Waals surface area contributed by atoms with E-state index in [1.807, 2.05) is 0 Å². The Morgan fingerprint density at radius 1 is 1.35 bits per heavy atom. The molecular formula is C18H29NO. The van der Waals surface area contributed by atoms with Crippen LogP contribution in [0, 0.1) is 5.41 Å². The lowest BCUT2D eigenvalue weighted by molar-refractivity contribution is 0.211. The molecule has 112 valence electrons. The first-order valence-electron chi connectivity index (χ1n) is 7.99. The number of ether oxygens (including phenoxy) is 1. The Labute approximate surface area is 123 Å². The summed E-state index contributed by atoms with van der Waals surface area (Å²) in [5, 5.41) is 3.63. The van der Waals surface area contributed by atoms with E-state index >= 15 is 0 Å². The van der Waals surface area contributed by atoms with Crippen LogP contribution >= 0.6 is 0 Å². The van der Waals surface area contributed by atoms with Crippen LogP contribution in [0.4, 0.5) is 0 Å². The lowest BCUT2D eigenvalue weighted by Gasteiger charge is -2.33. The molecule has 0 saturated heterocycles. The second-order valence-corrected chi connectivity index (χ2v) is 6.85. The van der Waals surface area contributed by atoms with Gasteiger partial charge in [0, 0.05) is 24.1 Å². The highest BCUT2D eigenvalue weighted by molar-refractivity contribution is 5.39. The average molecular weight is 275 g/mol. The van der Waals surface area contributed by atoms with Gasteiger partial charge in [0.05, 0.1) is 6.61 Å². The number of para-hydroxylation sites is 1. The first kappa shape index (κ1) is 15.4. The number of fused-ring (bicyclic) bond motifs is 1. The van der Waals surface area contributed by atoms with E-state index < -0.39 is 0 Å². The van der Waals surface area contributed by atoms with Crippen LogP contribution in [0.2, 0.25) is 0 Å². The molecule has 1 heterocycles. The Hall–Kier alpha value is -1.02. The van der Waals surface area contributed by atoms with Crippen molar-refractivity contribution in [1.29, 1.82) is 0 Å². The molecule has 2 heteroatoms. The molecule has 1 aromatic rings. The van der Waals surface area contributed by atoms with Gasteiger partial charge in [-0.2, -0.15) is 0 Å². The summed E-state index contributed by atoms with van der Waals surface area (Å²) in [6.45, 7) is 11.1. The zero-order valence-corrected chi connectivity index (χ0v) is 13.4. The van der Waals surface area contributed by atoms with Gasteiger partial charge in [-0.3, -0.25) is 0 Å². The Bertz CT molecular complexity index is 429. The molecule has 1 aromatic carbocycles. The quantitative estimate of drug-likeness (QED) is 0.798. The molecule has 1 aliphatic heterocycles. The second kappa shape index (κ2) is 6.62. The first-order valence-corrected chi connectivity index (χ1v) is 7.99. The van der Waals surface area contributed by atoms with Gasteiger partial charge in [-0.25, -0.2) is 0 Å². The van der Waals surface area contributed by atoms with Crippen molar-refractivity contribution in [3.05, 3.63) is 29.8 Å². The second-order valence-electron chi connectivity index (χ2n) is 6.85. The van der Waals surface area contributed by atoms with Crippen LogP contribution in [0.1, 0.15) is 58.4 Å². The van der Waals surface area contributed by atoms with Crippen LogP contribution in [0.25, 0.3) is 0 Å². The Morgan fingerprint density at radius 3 is 2.80 bits per heavy atom. The summed E-state index contributed by atoms with van der Waals surface area (Å²) in [6, 6.07) is 9.07. The molecule has 0 radical (unpaired) electrons. The maximum Gasteiger partial charge on any atom is 0.122 e. The lowest BCUT2D eigenvalue weighted by atomic mass is 9.76. The smallest absolute Gasteiger partial charge is 0.122 e. The molecule has 0 aromatic heterocycles. The van der Waals surface area contributed by atoms with Crippen LogP contribution in [-0.2, 0) is 0 Å². The zero-order valence-electron chi connectivity index (χ0n) is 13.4. The maximum atomic E-state index is 5.84. The number of hydrogen-bond donors (Lipinski definition) is 1. The van der Waals surface area contributed by atoms with Crippen LogP contribution in [-0.4, -0.2) is 19.2 Å². The Morgan fingerprint density at radius 2 is 2.10 bits per heavy atom. The molecule has 2 nitrogen and oxygen atoms in total.